The van der Waals surface area contributed by atoms with Gasteiger partial charge in [-0.2, -0.15) is 5.10 Å². The molecule has 0 amide bonds. The first kappa shape index (κ1) is 11.4. The second-order valence-corrected chi connectivity index (χ2v) is 3.76. The third kappa shape index (κ3) is 2.53. The molecule has 17 heavy (non-hydrogen) atoms. The van der Waals surface area contributed by atoms with Crippen LogP contribution in [-0.4, -0.2) is 15.7 Å². The zero-order valence-corrected chi connectivity index (χ0v) is 9.83. The summed E-state index contributed by atoms with van der Waals surface area (Å²) < 4.78 is 7.09. The van der Waals surface area contributed by atoms with Crippen LogP contribution in [0.2, 0.25) is 0 Å². The van der Waals surface area contributed by atoms with E-state index in [-0.39, 0.29) is 12.0 Å². The van der Waals surface area contributed by atoms with Crippen LogP contribution in [0.15, 0.2) is 42.6 Å². The molecule has 2 aromatic rings. The van der Waals surface area contributed by atoms with Crippen LogP contribution in [0.3, 0.4) is 0 Å². The maximum Gasteiger partial charge on any atom is 0.244 e. The van der Waals surface area contributed by atoms with E-state index in [2.05, 4.69) is 5.10 Å². The molecule has 1 atom stereocenters. The van der Waals surface area contributed by atoms with E-state index >= 15 is 0 Å². The highest BCUT2D eigenvalue weighted by Gasteiger charge is 2.14. The molecule has 1 aromatic heterocycles. The minimum Gasteiger partial charge on any atom is -0.484 e. The van der Waals surface area contributed by atoms with Crippen molar-refractivity contribution in [3.63, 3.8) is 0 Å². The largest absolute Gasteiger partial charge is 0.484 e. The fourth-order valence-electron chi connectivity index (χ4n) is 1.65. The van der Waals surface area contributed by atoms with Gasteiger partial charge in [0.2, 0.25) is 5.91 Å². The Morgan fingerprint density at radius 3 is 2.65 bits per heavy atom. The summed E-state index contributed by atoms with van der Waals surface area (Å²) in [6.07, 6.45) is 1.38. The summed E-state index contributed by atoms with van der Waals surface area (Å²) in [5, 5.41) is 3.97. The van der Waals surface area contributed by atoms with Crippen LogP contribution in [0, 0.1) is 0 Å². The molecule has 0 unspecified atom stereocenters. The van der Waals surface area contributed by atoms with Gasteiger partial charge in [0.15, 0.2) is 0 Å². The molecule has 0 aliphatic rings. The van der Waals surface area contributed by atoms with Gasteiger partial charge in [0.1, 0.15) is 11.9 Å². The van der Waals surface area contributed by atoms with E-state index < -0.39 is 0 Å². The molecule has 0 saturated heterocycles. The Morgan fingerprint density at radius 1 is 1.29 bits per heavy atom. The first-order valence-corrected chi connectivity index (χ1v) is 5.45. The third-order valence-corrected chi connectivity index (χ3v) is 2.44. The number of ether oxygens (including phenoxy) is 1. The lowest BCUT2D eigenvalue weighted by Crippen LogP contribution is -2.16. The number of rotatable bonds is 3. The van der Waals surface area contributed by atoms with Crippen molar-refractivity contribution < 1.29 is 9.53 Å². The van der Waals surface area contributed by atoms with Crippen LogP contribution in [0.1, 0.15) is 30.4 Å². The Kier molecular flexibility index (Phi) is 3.23. The molecule has 88 valence electrons. The van der Waals surface area contributed by atoms with E-state index in [1.54, 1.807) is 12.3 Å². The number of carbonyl (C=O) groups excluding carboxylic acids is 1. The van der Waals surface area contributed by atoms with E-state index in [0.717, 1.165) is 11.4 Å². The Balaban J connectivity index is 2.17. The predicted octanol–water partition coefficient (Wildman–Crippen LogP) is 2.68. The maximum atomic E-state index is 11.3. The van der Waals surface area contributed by atoms with Crippen molar-refractivity contribution in [2.45, 2.75) is 20.0 Å². The van der Waals surface area contributed by atoms with Crippen LogP contribution in [0.25, 0.3) is 0 Å². The Bertz CT molecular complexity index is 505. The SMILES string of the molecule is CC(=O)n1nccc1[C@@H](C)Oc1ccccc1. The molecule has 4 nitrogen and oxygen atoms in total. The van der Waals surface area contributed by atoms with Gasteiger partial charge in [0, 0.05) is 13.1 Å². The summed E-state index contributed by atoms with van der Waals surface area (Å²) in [5.74, 6) is 0.657. The second kappa shape index (κ2) is 4.82. The minimum absolute atomic E-state index is 0.117. The average molecular weight is 230 g/mol. The molecule has 0 fully saturated rings. The topological polar surface area (TPSA) is 44.1 Å². The fourth-order valence-corrected chi connectivity index (χ4v) is 1.65. The van der Waals surface area contributed by atoms with Crippen molar-refractivity contribution in [2.24, 2.45) is 0 Å². The Labute approximate surface area is 99.8 Å². The smallest absolute Gasteiger partial charge is 0.244 e. The molecule has 4 heteroatoms. The highest BCUT2D eigenvalue weighted by molar-refractivity contribution is 5.75. The molecule has 0 radical (unpaired) electrons. The molecule has 0 aliphatic heterocycles. The number of benzene rings is 1. The lowest BCUT2D eigenvalue weighted by atomic mass is 10.2. The van der Waals surface area contributed by atoms with Crippen LogP contribution in [0.5, 0.6) is 5.75 Å². The third-order valence-electron chi connectivity index (χ3n) is 2.44. The second-order valence-electron chi connectivity index (χ2n) is 3.76. The number of hydrogen-bond donors (Lipinski definition) is 0. The van der Waals surface area contributed by atoms with Gasteiger partial charge in [-0.15, -0.1) is 0 Å². The van der Waals surface area contributed by atoms with E-state index in [1.807, 2.05) is 37.3 Å². The standard InChI is InChI=1S/C13H14N2O2/c1-10(17-12-6-4-3-5-7-12)13-8-9-14-15(13)11(2)16/h3-10H,1-2H3/t10-/m1/s1. The normalized spacial score (nSPS) is 12.1. The maximum absolute atomic E-state index is 11.3. The number of nitrogens with zero attached hydrogens (tertiary/aromatic N) is 2. The zero-order chi connectivity index (χ0) is 12.3. The van der Waals surface area contributed by atoms with E-state index in [0.29, 0.717) is 0 Å². The summed E-state index contributed by atoms with van der Waals surface area (Å²) in [7, 11) is 0. The molecular formula is C13H14N2O2. The number of hydrogen-bond acceptors (Lipinski definition) is 3. The zero-order valence-electron chi connectivity index (χ0n) is 9.83. The minimum atomic E-state index is -0.219. The average Bonchev–Trinajstić information content (AvgIpc) is 2.79. The molecule has 0 spiro atoms. The van der Waals surface area contributed by atoms with Gasteiger partial charge >= 0.3 is 0 Å². The first-order valence-electron chi connectivity index (χ1n) is 5.45. The van der Waals surface area contributed by atoms with Crippen molar-refractivity contribution in [3.8, 4) is 5.75 Å². The van der Waals surface area contributed by atoms with Crippen molar-refractivity contribution in [1.29, 1.82) is 0 Å². The molecule has 0 bridgehead atoms. The number of para-hydroxylation sites is 1. The summed E-state index contributed by atoms with van der Waals surface area (Å²) in [6.45, 7) is 3.37. The van der Waals surface area contributed by atoms with Crippen molar-refractivity contribution in [2.75, 3.05) is 0 Å². The van der Waals surface area contributed by atoms with Gasteiger partial charge in [0.05, 0.1) is 5.69 Å². The monoisotopic (exact) mass is 230 g/mol. The molecular weight excluding hydrogens is 216 g/mol. The van der Waals surface area contributed by atoms with Gasteiger partial charge < -0.3 is 4.74 Å². The summed E-state index contributed by atoms with van der Waals surface area (Å²) in [5.41, 5.74) is 0.751. The van der Waals surface area contributed by atoms with Gasteiger partial charge in [-0.05, 0) is 25.1 Å². The lowest BCUT2D eigenvalue weighted by molar-refractivity contribution is 0.0904. The van der Waals surface area contributed by atoms with Crippen LogP contribution >= 0.6 is 0 Å². The van der Waals surface area contributed by atoms with Gasteiger partial charge in [0.25, 0.3) is 0 Å². The highest BCUT2D eigenvalue weighted by atomic mass is 16.5. The highest BCUT2D eigenvalue weighted by Crippen LogP contribution is 2.20. The number of aromatic nitrogens is 2. The molecule has 2 rings (SSSR count). The number of carbonyl (C=O) groups is 1. The molecule has 1 heterocycles. The van der Waals surface area contributed by atoms with Crippen molar-refractivity contribution in [1.82, 2.24) is 9.78 Å². The van der Waals surface area contributed by atoms with Crippen LogP contribution in [-0.2, 0) is 0 Å². The van der Waals surface area contributed by atoms with E-state index in [4.69, 9.17) is 4.74 Å². The Morgan fingerprint density at radius 2 is 2.00 bits per heavy atom. The van der Waals surface area contributed by atoms with Crippen molar-refractivity contribution >= 4 is 5.91 Å². The molecule has 0 aliphatic carbocycles. The molecule has 0 N–H and O–H groups in total. The predicted molar refractivity (Wildman–Crippen MR) is 64.0 cm³/mol. The fraction of sp³-hybridized carbons (Fsp3) is 0.231. The van der Waals surface area contributed by atoms with Gasteiger partial charge in [-0.1, -0.05) is 18.2 Å². The van der Waals surface area contributed by atoms with Crippen LogP contribution < -0.4 is 4.74 Å². The van der Waals surface area contributed by atoms with Crippen LogP contribution in [0.4, 0.5) is 0 Å². The quantitative estimate of drug-likeness (QED) is 0.814. The summed E-state index contributed by atoms with van der Waals surface area (Å²) in [4.78, 5) is 11.3. The van der Waals surface area contributed by atoms with Gasteiger partial charge in [-0.3, -0.25) is 4.79 Å². The Hall–Kier alpha value is -2.10. The summed E-state index contributed by atoms with van der Waals surface area (Å²) in [6, 6.07) is 11.3. The van der Waals surface area contributed by atoms with E-state index in [1.165, 1.54) is 11.6 Å². The molecule has 1 aromatic carbocycles. The summed E-state index contributed by atoms with van der Waals surface area (Å²) >= 11 is 0. The molecule has 0 saturated carbocycles. The van der Waals surface area contributed by atoms with Gasteiger partial charge in [-0.25, -0.2) is 4.68 Å². The van der Waals surface area contributed by atoms with E-state index in [9.17, 15) is 4.79 Å². The lowest BCUT2D eigenvalue weighted by Gasteiger charge is -2.15. The van der Waals surface area contributed by atoms with Crippen molar-refractivity contribution in [3.05, 3.63) is 48.3 Å². The first-order chi connectivity index (χ1) is 8.18.